The van der Waals surface area contributed by atoms with Gasteiger partial charge < -0.3 is 5.32 Å². The van der Waals surface area contributed by atoms with Crippen molar-refractivity contribution < 1.29 is 9.59 Å². The van der Waals surface area contributed by atoms with Gasteiger partial charge in [-0.1, -0.05) is 76.2 Å². The highest BCUT2D eigenvalue weighted by atomic mass is 16.2. The first-order valence-electron chi connectivity index (χ1n) is 8.64. The molecule has 1 amide bonds. The van der Waals surface area contributed by atoms with Crippen molar-refractivity contribution in [2.45, 2.75) is 89.1 Å². The van der Waals surface area contributed by atoms with Gasteiger partial charge >= 0.3 is 0 Å². The van der Waals surface area contributed by atoms with Crippen LogP contribution in [0.5, 0.6) is 0 Å². The van der Waals surface area contributed by atoms with Gasteiger partial charge in [-0.25, -0.2) is 0 Å². The lowest BCUT2D eigenvalue weighted by atomic mass is 9.84. The standard InChI is InChI=1S/C15H27NO2.2C2H6/c1-9(17)11(13(2,3)4)16-12(18)10-14(5,6)15(10,7)8;2*1-2/h10-11H,1-8H3,(H,16,18);2*1-2H3. The van der Waals surface area contributed by atoms with Crippen LogP contribution in [0, 0.1) is 22.2 Å². The van der Waals surface area contributed by atoms with E-state index in [1.54, 1.807) is 6.92 Å². The van der Waals surface area contributed by atoms with E-state index in [1.165, 1.54) is 0 Å². The molecule has 0 bridgehead atoms. The molecule has 132 valence electrons. The molecule has 0 aliphatic heterocycles. The fourth-order valence-corrected chi connectivity index (χ4v) is 3.01. The van der Waals surface area contributed by atoms with Gasteiger partial charge in [-0.05, 0) is 23.2 Å². The number of Topliss-reactive ketones (excluding diaryl/α,β-unsaturated/α-hetero) is 1. The summed E-state index contributed by atoms with van der Waals surface area (Å²) in [4.78, 5) is 24.0. The molecule has 0 aromatic carbocycles. The average molecular weight is 314 g/mol. The molecule has 0 heterocycles. The molecular formula is C19H39NO2. The summed E-state index contributed by atoms with van der Waals surface area (Å²) in [5, 5.41) is 2.94. The van der Waals surface area contributed by atoms with E-state index in [0.717, 1.165) is 0 Å². The number of carbonyl (C=O) groups excluding carboxylic acids is 2. The van der Waals surface area contributed by atoms with E-state index < -0.39 is 6.04 Å². The van der Waals surface area contributed by atoms with Crippen molar-refractivity contribution in [2.24, 2.45) is 22.2 Å². The number of nitrogens with one attached hydrogen (secondary N) is 1. The number of hydrogen-bond acceptors (Lipinski definition) is 2. The smallest absolute Gasteiger partial charge is 0.224 e. The summed E-state index contributed by atoms with van der Waals surface area (Å²) in [5.74, 6) is 0.0291. The third-order valence-electron chi connectivity index (χ3n) is 4.84. The fraction of sp³-hybridized carbons (Fsp3) is 0.895. The van der Waals surface area contributed by atoms with E-state index in [0.29, 0.717) is 0 Å². The van der Waals surface area contributed by atoms with Gasteiger partial charge in [0.05, 0.1) is 6.04 Å². The molecule has 1 atom stereocenters. The van der Waals surface area contributed by atoms with Gasteiger partial charge in [-0.3, -0.25) is 9.59 Å². The topological polar surface area (TPSA) is 46.2 Å². The van der Waals surface area contributed by atoms with Crippen LogP contribution in [0.3, 0.4) is 0 Å². The number of ketones is 1. The van der Waals surface area contributed by atoms with Crippen molar-refractivity contribution in [1.29, 1.82) is 0 Å². The number of hydrogen-bond donors (Lipinski definition) is 1. The minimum Gasteiger partial charge on any atom is -0.345 e. The SMILES string of the molecule is CC.CC.CC(=O)C(NC(=O)C1C(C)(C)C1(C)C)C(C)(C)C. The lowest BCUT2D eigenvalue weighted by molar-refractivity contribution is -0.130. The van der Waals surface area contributed by atoms with Crippen LogP contribution in [-0.2, 0) is 9.59 Å². The Morgan fingerprint density at radius 3 is 1.41 bits per heavy atom. The van der Waals surface area contributed by atoms with Crippen LogP contribution in [0.4, 0.5) is 0 Å². The van der Waals surface area contributed by atoms with Crippen LogP contribution in [0.1, 0.15) is 83.1 Å². The lowest BCUT2D eigenvalue weighted by Crippen LogP contribution is -2.49. The van der Waals surface area contributed by atoms with Gasteiger partial charge in [0.25, 0.3) is 0 Å². The van der Waals surface area contributed by atoms with Crippen molar-refractivity contribution in [2.75, 3.05) is 0 Å². The second-order valence-electron chi connectivity index (χ2n) is 7.79. The van der Waals surface area contributed by atoms with Gasteiger partial charge in [-0.2, -0.15) is 0 Å². The average Bonchev–Trinajstić information content (AvgIpc) is 2.80. The maximum absolute atomic E-state index is 12.3. The molecule has 1 rings (SSSR count). The van der Waals surface area contributed by atoms with Gasteiger partial charge in [0, 0.05) is 5.92 Å². The number of amides is 1. The van der Waals surface area contributed by atoms with Crippen molar-refractivity contribution in [3.8, 4) is 0 Å². The third kappa shape index (κ3) is 4.82. The van der Waals surface area contributed by atoms with Crippen molar-refractivity contribution >= 4 is 11.7 Å². The van der Waals surface area contributed by atoms with Crippen LogP contribution in [-0.4, -0.2) is 17.7 Å². The predicted molar refractivity (Wildman–Crippen MR) is 95.8 cm³/mol. The first-order chi connectivity index (χ1) is 9.83. The molecule has 3 nitrogen and oxygen atoms in total. The van der Waals surface area contributed by atoms with Gasteiger partial charge in [-0.15, -0.1) is 0 Å². The molecule has 1 unspecified atom stereocenters. The Morgan fingerprint density at radius 1 is 0.909 bits per heavy atom. The molecule has 0 aromatic heterocycles. The monoisotopic (exact) mass is 313 g/mol. The zero-order valence-electron chi connectivity index (χ0n) is 17.0. The van der Waals surface area contributed by atoms with Crippen molar-refractivity contribution in [1.82, 2.24) is 5.32 Å². The van der Waals surface area contributed by atoms with E-state index in [1.807, 2.05) is 48.5 Å². The summed E-state index contributed by atoms with van der Waals surface area (Å²) in [6, 6.07) is -0.405. The van der Waals surface area contributed by atoms with Crippen LogP contribution < -0.4 is 5.32 Å². The quantitative estimate of drug-likeness (QED) is 0.810. The highest BCUT2D eigenvalue weighted by Crippen LogP contribution is 2.68. The van der Waals surface area contributed by atoms with Crippen molar-refractivity contribution in [3.63, 3.8) is 0 Å². The number of carbonyl (C=O) groups is 2. The number of rotatable bonds is 3. The summed E-state index contributed by atoms with van der Waals surface area (Å²) in [5.41, 5.74) is -0.225. The summed E-state index contributed by atoms with van der Waals surface area (Å²) >= 11 is 0. The Morgan fingerprint density at radius 2 is 1.23 bits per heavy atom. The highest BCUT2D eigenvalue weighted by Gasteiger charge is 2.68. The Balaban J connectivity index is 0. The van der Waals surface area contributed by atoms with E-state index in [9.17, 15) is 9.59 Å². The summed E-state index contributed by atoms with van der Waals surface area (Å²) in [7, 11) is 0. The van der Waals surface area contributed by atoms with Gasteiger partial charge in [0.2, 0.25) is 5.91 Å². The molecule has 0 spiro atoms. The molecule has 3 heteroatoms. The van der Waals surface area contributed by atoms with Crippen LogP contribution in [0.2, 0.25) is 0 Å². The molecule has 0 aromatic rings. The maximum atomic E-state index is 12.3. The Bertz CT molecular complexity index is 361. The molecule has 0 saturated heterocycles. The third-order valence-corrected chi connectivity index (χ3v) is 4.84. The molecular weight excluding hydrogens is 274 g/mol. The second kappa shape index (κ2) is 8.12. The zero-order valence-corrected chi connectivity index (χ0v) is 17.0. The fourth-order valence-electron chi connectivity index (χ4n) is 3.01. The first kappa shape index (κ1) is 23.4. The lowest BCUT2D eigenvalue weighted by Gasteiger charge is -2.29. The zero-order chi connectivity index (χ0) is 18.5. The largest absolute Gasteiger partial charge is 0.345 e. The van der Waals surface area contributed by atoms with Crippen molar-refractivity contribution in [3.05, 3.63) is 0 Å². The first-order valence-corrected chi connectivity index (χ1v) is 8.64. The highest BCUT2D eigenvalue weighted by molar-refractivity contribution is 5.91. The normalized spacial score (nSPS) is 19.6. The minimum absolute atomic E-state index is 0.00537. The molecule has 22 heavy (non-hydrogen) atoms. The van der Waals surface area contributed by atoms with Crippen LogP contribution in [0.15, 0.2) is 0 Å². The molecule has 1 N–H and O–H groups in total. The maximum Gasteiger partial charge on any atom is 0.224 e. The van der Waals surface area contributed by atoms with Crippen LogP contribution in [0.25, 0.3) is 0 Å². The second-order valence-corrected chi connectivity index (χ2v) is 7.79. The molecule has 1 aliphatic carbocycles. The van der Waals surface area contributed by atoms with E-state index in [2.05, 4.69) is 33.0 Å². The van der Waals surface area contributed by atoms with Gasteiger partial charge in [0.1, 0.15) is 0 Å². The van der Waals surface area contributed by atoms with E-state index in [-0.39, 0.29) is 33.9 Å². The van der Waals surface area contributed by atoms with Gasteiger partial charge in [0.15, 0.2) is 5.78 Å². The Hall–Kier alpha value is -0.860. The Kier molecular flexibility index (Phi) is 8.64. The van der Waals surface area contributed by atoms with E-state index in [4.69, 9.17) is 0 Å². The summed E-state index contributed by atoms with van der Waals surface area (Å²) in [6.45, 7) is 23.9. The molecule has 0 radical (unpaired) electrons. The predicted octanol–water partition coefficient (Wildman–Crippen LogP) is 4.84. The molecule has 1 saturated carbocycles. The summed E-state index contributed by atoms with van der Waals surface area (Å²) in [6.07, 6.45) is 0. The molecule has 1 aliphatic rings. The summed E-state index contributed by atoms with van der Waals surface area (Å²) < 4.78 is 0. The minimum atomic E-state index is -0.405. The van der Waals surface area contributed by atoms with Crippen LogP contribution >= 0.6 is 0 Å². The Labute approximate surface area is 138 Å². The molecule has 1 fully saturated rings. The van der Waals surface area contributed by atoms with E-state index >= 15 is 0 Å².